The van der Waals surface area contributed by atoms with Crippen molar-refractivity contribution in [2.45, 2.75) is 13.8 Å². The number of ether oxygens (including phenoxy) is 2. The standard InChI is InChI=1S/C19H21BrN2O4/c1-12(2)11-26-19(24)22-14-6-4-5-13(9-14)21-18(23)16-10-15(25-3)7-8-17(16)20/h4-10,12H,11H2,1-3H3,(H,21,23)(H,22,24). The first-order valence-electron chi connectivity index (χ1n) is 8.07. The van der Waals surface area contributed by atoms with E-state index in [4.69, 9.17) is 9.47 Å². The lowest BCUT2D eigenvalue weighted by molar-refractivity contribution is 0.102. The van der Waals surface area contributed by atoms with E-state index in [9.17, 15) is 9.59 Å². The summed E-state index contributed by atoms with van der Waals surface area (Å²) in [5.41, 5.74) is 1.52. The lowest BCUT2D eigenvalue weighted by Gasteiger charge is -2.11. The van der Waals surface area contributed by atoms with Gasteiger partial charge in [-0.1, -0.05) is 19.9 Å². The zero-order chi connectivity index (χ0) is 19.1. The van der Waals surface area contributed by atoms with Gasteiger partial charge in [-0.05, 0) is 58.2 Å². The average Bonchev–Trinajstić information content (AvgIpc) is 2.60. The van der Waals surface area contributed by atoms with E-state index in [1.54, 1.807) is 49.6 Å². The van der Waals surface area contributed by atoms with Gasteiger partial charge < -0.3 is 14.8 Å². The van der Waals surface area contributed by atoms with Crippen LogP contribution in [-0.2, 0) is 4.74 Å². The van der Waals surface area contributed by atoms with Crippen molar-refractivity contribution in [3.05, 3.63) is 52.5 Å². The van der Waals surface area contributed by atoms with Gasteiger partial charge in [0.2, 0.25) is 0 Å². The molecule has 7 heteroatoms. The van der Waals surface area contributed by atoms with Gasteiger partial charge in [0.25, 0.3) is 5.91 Å². The van der Waals surface area contributed by atoms with Gasteiger partial charge in [-0.2, -0.15) is 0 Å². The van der Waals surface area contributed by atoms with E-state index in [-0.39, 0.29) is 11.8 Å². The molecule has 26 heavy (non-hydrogen) atoms. The second-order valence-corrected chi connectivity index (χ2v) is 6.85. The number of carbonyl (C=O) groups is 2. The molecule has 0 saturated heterocycles. The maximum atomic E-state index is 12.5. The molecule has 2 aromatic carbocycles. The van der Waals surface area contributed by atoms with E-state index in [2.05, 4.69) is 26.6 Å². The molecule has 0 bridgehead atoms. The molecule has 0 radical (unpaired) electrons. The normalized spacial score (nSPS) is 10.3. The van der Waals surface area contributed by atoms with Crippen LogP contribution >= 0.6 is 15.9 Å². The van der Waals surface area contributed by atoms with E-state index in [0.717, 1.165) is 0 Å². The molecule has 0 fully saturated rings. The summed E-state index contributed by atoms with van der Waals surface area (Å²) in [6.07, 6.45) is -0.530. The number of halogens is 1. The highest BCUT2D eigenvalue weighted by molar-refractivity contribution is 9.10. The Morgan fingerprint density at radius 3 is 2.42 bits per heavy atom. The Morgan fingerprint density at radius 1 is 1.08 bits per heavy atom. The molecule has 2 N–H and O–H groups in total. The van der Waals surface area contributed by atoms with E-state index >= 15 is 0 Å². The van der Waals surface area contributed by atoms with Crippen LogP contribution in [-0.4, -0.2) is 25.7 Å². The number of hydrogen-bond acceptors (Lipinski definition) is 4. The van der Waals surface area contributed by atoms with Crippen LogP contribution in [0.5, 0.6) is 5.75 Å². The van der Waals surface area contributed by atoms with Crippen molar-refractivity contribution >= 4 is 39.3 Å². The number of methoxy groups -OCH3 is 1. The van der Waals surface area contributed by atoms with Crippen LogP contribution in [0.25, 0.3) is 0 Å². The predicted molar refractivity (Wildman–Crippen MR) is 105 cm³/mol. The first kappa shape index (κ1) is 19.8. The Labute approximate surface area is 161 Å². The summed E-state index contributed by atoms with van der Waals surface area (Å²) in [6.45, 7) is 4.26. The third kappa shape index (κ3) is 5.77. The molecule has 2 aromatic rings. The second-order valence-electron chi connectivity index (χ2n) is 6.00. The van der Waals surface area contributed by atoms with Gasteiger partial charge in [0.05, 0.1) is 19.3 Å². The van der Waals surface area contributed by atoms with Gasteiger partial charge in [0.1, 0.15) is 5.75 Å². The number of nitrogens with one attached hydrogen (secondary N) is 2. The Kier molecular flexibility index (Phi) is 7.03. The van der Waals surface area contributed by atoms with Crippen molar-refractivity contribution in [1.82, 2.24) is 0 Å². The summed E-state index contributed by atoms with van der Waals surface area (Å²) in [5, 5.41) is 5.44. The van der Waals surface area contributed by atoms with Gasteiger partial charge in [-0.3, -0.25) is 10.1 Å². The van der Waals surface area contributed by atoms with E-state index in [0.29, 0.717) is 33.8 Å². The summed E-state index contributed by atoms with van der Waals surface area (Å²) in [6, 6.07) is 12.0. The average molecular weight is 421 g/mol. The molecule has 0 heterocycles. The molecule has 0 aliphatic carbocycles. The van der Waals surface area contributed by atoms with Crippen LogP contribution < -0.4 is 15.4 Å². The fourth-order valence-corrected chi connectivity index (χ4v) is 2.50. The first-order valence-corrected chi connectivity index (χ1v) is 8.87. The molecule has 0 aromatic heterocycles. The van der Waals surface area contributed by atoms with Crippen molar-refractivity contribution in [3.8, 4) is 5.75 Å². The third-order valence-corrected chi connectivity index (χ3v) is 4.02. The minimum atomic E-state index is -0.530. The number of anilines is 2. The van der Waals surface area contributed by atoms with Gasteiger partial charge >= 0.3 is 6.09 Å². The quantitative estimate of drug-likeness (QED) is 0.695. The highest BCUT2D eigenvalue weighted by Crippen LogP contribution is 2.24. The molecule has 0 saturated carbocycles. The second kappa shape index (κ2) is 9.24. The summed E-state index contributed by atoms with van der Waals surface area (Å²) in [7, 11) is 1.54. The van der Waals surface area contributed by atoms with E-state index in [1.165, 1.54) is 0 Å². The molecule has 0 aliphatic rings. The van der Waals surface area contributed by atoms with Crippen molar-refractivity contribution < 1.29 is 19.1 Å². The van der Waals surface area contributed by atoms with E-state index < -0.39 is 6.09 Å². The Hall–Kier alpha value is -2.54. The minimum absolute atomic E-state index is 0.257. The zero-order valence-electron chi connectivity index (χ0n) is 14.8. The van der Waals surface area contributed by atoms with Gasteiger partial charge in [0.15, 0.2) is 0 Å². The van der Waals surface area contributed by atoms with Crippen LogP contribution in [0.1, 0.15) is 24.2 Å². The van der Waals surface area contributed by atoms with Gasteiger partial charge in [-0.15, -0.1) is 0 Å². The minimum Gasteiger partial charge on any atom is -0.497 e. The molecular weight excluding hydrogens is 400 g/mol. The Bertz CT molecular complexity index is 793. The lowest BCUT2D eigenvalue weighted by Crippen LogP contribution is -2.17. The van der Waals surface area contributed by atoms with Crippen molar-refractivity contribution in [3.63, 3.8) is 0 Å². The van der Waals surface area contributed by atoms with Crippen LogP contribution in [0.3, 0.4) is 0 Å². The number of benzene rings is 2. The highest BCUT2D eigenvalue weighted by atomic mass is 79.9. The molecule has 138 valence electrons. The van der Waals surface area contributed by atoms with Gasteiger partial charge in [0, 0.05) is 15.8 Å². The fourth-order valence-electron chi connectivity index (χ4n) is 2.07. The van der Waals surface area contributed by atoms with Gasteiger partial charge in [-0.25, -0.2) is 4.79 Å². The maximum Gasteiger partial charge on any atom is 0.411 e. The smallest absolute Gasteiger partial charge is 0.411 e. The van der Waals surface area contributed by atoms with E-state index in [1.807, 2.05) is 13.8 Å². The SMILES string of the molecule is COc1ccc(Br)c(C(=O)Nc2cccc(NC(=O)OCC(C)C)c2)c1. The number of carbonyl (C=O) groups excluding carboxylic acids is 2. The lowest BCUT2D eigenvalue weighted by atomic mass is 10.2. The molecule has 0 spiro atoms. The summed E-state index contributed by atoms with van der Waals surface area (Å²) in [5.74, 6) is 0.546. The largest absolute Gasteiger partial charge is 0.497 e. The topological polar surface area (TPSA) is 76.7 Å². The van der Waals surface area contributed by atoms with Crippen molar-refractivity contribution in [2.75, 3.05) is 24.4 Å². The van der Waals surface area contributed by atoms with Crippen LogP contribution in [0, 0.1) is 5.92 Å². The molecular formula is C19H21BrN2O4. The number of hydrogen-bond donors (Lipinski definition) is 2. The van der Waals surface area contributed by atoms with Crippen molar-refractivity contribution in [1.29, 1.82) is 0 Å². The zero-order valence-corrected chi connectivity index (χ0v) is 16.4. The maximum absolute atomic E-state index is 12.5. The Morgan fingerprint density at radius 2 is 1.77 bits per heavy atom. The predicted octanol–water partition coefficient (Wildman–Crippen LogP) is 4.91. The fraction of sp³-hybridized carbons (Fsp3) is 0.263. The molecule has 2 amide bonds. The summed E-state index contributed by atoms with van der Waals surface area (Å²) in [4.78, 5) is 24.3. The van der Waals surface area contributed by atoms with Crippen LogP contribution in [0.4, 0.5) is 16.2 Å². The summed E-state index contributed by atoms with van der Waals surface area (Å²) < 4.78 is 10.9. The number of rotatable bonds is 6. The third-order valence-electron chi connectivity index (χ3n) is 3.33. The molecule has 0 unspecified atom stereocenters. The monoisotopic (exact) mass is 420 g/mol. The number of amides is 2. The molecule has 0 aliphatic heterocycles. The molecule has 2 rings (SSSR count). The van der Waals surface area contributed by atoms with Crippen LogP contribution in [0.15, 0.2) is 46.9 Å². The Balaban J connectivity index is 2.06. The first-order chi connectivity index (χ1) is 12.4. The molecule has 6 nitrogen and oxygen atoms in total. The highest BCUT2D eigenvalue weighted by Gasteiger charge is 2.12. The molecule has 0 atom stereocenters. The van der Waals surface area contributed by atoms with Crippen molar-refractivity contribution in [2.24, 2.45) is 5.92 Å². The van der Waals surface area contributed by atoms with Crippen LogP contribution in [0.2, 0.25) is 0 Å². The summed E-state index contributed by atoms with van der Waals surface area (Å²) >= 11 is 3.36.